The molecule has 0 saturated carbocycles. The topological polar surface area (TPSA) is 38.7 Å². The van der Waals surface area contributed by atoms with Gasteiger partial charge in [0.15, 0.2) is 5.79 Å². The van der Waals surface area contributed by atoms with Crippen LogP contribution in [0.3, 0.4) is 0 Å². The van der Waals surface area contributed by atoms with Gasteiger partial charge in [0.25, 0.3) is 0 Å². The Kier molecular flexibility index (Phi) is 1.71. The molecule has 1 fully saturated rings. The summed E-state index contributed by atoms with van der Waals surface area (Å²) in [7, 11) is 0. The van der Waals surface area contributed by atoms with Crippen LogP contribution in [0.2, 0.25) is 0 Å². The normalized spacial score (nSPS) is 43.5. The summed E-state index contributed by atoms with van der Waals surface area (Å²) < 4.78 is 10.7. The van der Waals surface area contributed by atoms with E-state index in [-0.39, 0.29) is 0 Å². The minimum atomic E-state index is -0.700. The molecule has 0 unspecified atom stereocenters. The van der Waals surface area contributed by atoms with Crippen molar-refractivity contribution in [1.82, 2.24) is 0 Å². The van der Waals surface area contributed by atoms with Gasteiger partial charge < -0.3 is 14.6 Å². The summed E-state index contributed by atoms with van der Waals surface area (Å²) in [6.07, 6.45) is 4.76. The lowest BCUT2D eigenvalue weighted by Crippen LogP contribution is -2.45. The van der Waals surface area contributed by atoms with E-state index in [4.69, 9.17) is 9.47 Å². The van der Waals surface area contributed by atoms with E-state index in [1.54, 1.807) is 6.08 Å². The maximum Gasteiger partial charge on any atom is 0.198 e. The molecule has 2 aliphatic heterocycles. The molecule has 2 heterocycles. The van der Waals surface area contributed by atoms with Crippen molar-refractivity contribution in [3.05, 3.63) is 12.2 Å². The van der Waals surface area contributed by atoms with Crippen LogP contribution in [-0.2, 0) is 9.47 Å². The molecule has 0 aromatic rings. The van der Waals surface area contributed by atoms with Crippen molar-refractivity contribution in [2.75, 3.05) is 13.2 Å². The molecule has 11 heavy (non-hydrogen) atoms. The van der Waals surface area contributed by atoms with Gasteiger partial charge >= 0.3 is 0 Å². The molecule has 0 aromatic carbocycles. The van der Waals surface area contributed by atoms with E-state index in [9.17, 15) is 5.11 Å². The molecule has 0 bridgehead atoms. The molecule has 3 heteroatoms. The third kappa shape index (κ3) is 1.09. The van der Waals surface area contributed by atoms with Crippen LogP contribution < -0.4 is 0 Å². The lowest BCUT2D eigenvalue weighted by atomic mass is 10.0. The van der Waals surface area contributed by atoms with Gasteiger partial charge in [-0.25, -0.2) is 0 Å². The summed E-state index contributed by atoms with van der Waals surface area (Å²) in [6, 6.07) is 0. The van der Waals surface area contributed by atoms with Gasteiger partial charge in [0.2, 0.25) is 0 Å². The standard InChI is InChI=1S/C8H12O3/c9-7-3-1-5-10-8(7)4-2-6-11-8/h1,3,7,9H,2,4-6H2/t7-,8+/m0/s1. The third-order valence-electron chi connectivity index (χ3n) is 2.21. The average molecular weight is 156 g/mol. The molecule has 2 rings (SSSR count). The Morgan fingerprint density at radius 2 is 2.36 bits per heavy atom. The van der Waals surface area contributed by atoms with E-state index in [1.165, 1.54) is 0 Å². The Labute approximate surface area is 65.6 Å². The van der Waals surface area contributed by atoms with Crippen molar-refractivity contribution in [2.24, 2.45) is 0 Å². The molecule has 0 aromatic heterocycles. The van der Waals surface area contributed by atoms with E-state index >= 15 is 0 Å². The number of aliphatic hydroxyl groups excluding tert-OH is 1. The Balaban J connectivity index is 2.16. The number of hydrogen-bond donors (Lipinski definition) is 1. The summed E-state index contributed by atoms with van der Waals surface area (Å²) in [6.45, 7) is 1.25. The maximum absolute atomic E-state index is 9.52. The quantitative estimate of drug-likeness (QED) is 0.517. The van der Waals surface area contributed by atoms with Gasteiger partial charge in [-0.3, -0.25) is 0 Å². The second-order valence-corrected chi connectivity index (χ2v) is 2.95. The van der Waals surface area contributed by atoms with Gasteiger partial charge in [-0.15, -0.1) is 0 Å². The van der Waals surface area contributed by atoms with Crippen LogP contribution in [0.25, 0.3) is 0 Å². The highest BCUT2D eigenvalue weighted by Gasteiger charge is 2.43. The first kappa shape index (κ1) is 7.28. The zero-order valence-electron chi connectivity index (χ0n) is 6.32. The third-order valence-corrected chi connectivity index (χ3v) is 2.21. The molecular weight excluding hydrogens is 144 g/mol. The molecule has 1 N–H and O–H groups in total. The molecular formula is C8H12O3. The fraction of sp³-hybridized carbons (Fsp3) is 0.750. The van der Waals surface area contributed by atoms with Crippen LogP contribution in [0.5, 0.6) is 0 Å². The van der Waals surface area contributed by atoms with Crippen LogP contribution in [-0.4, -0.2) is 30.2 Å². The molecule has 3 nitrogen and oxygen atoms in total. The predicted molar refractivity (Wildman–Crippen MR) is 39.0 cm³/mol. The maximum atomic E-state index is 9.52. The van der Waals surface area contributed by atoms with E-state index in [1.807, 2.05) is 6.08 Å². The van der Waals surface area contributed by atoms with Crippen LogP contribution >= 0.6 is 0 Å². The average Bonchev–Trinajstić information content (AvgIpc) is 2.46. The van der Waals surface area contributed by atoms with Gasteiger partial charge in [-0.05, 0) is 6.42 Å². The Morgan fingerprint density at radius 1 is 1.45 bits per heavy atom. The first-order chi connectivity index (χ1) is 5.33. The summed E-state index contributed by atoms with van der Waals surface area (Å²) in [5, 5.41) is 9.52. The first-order valence-electron chi connectivity index (χ1n) is 3.96. The van der Waals surface area contributed by atoms with Crippen LogP contribution in [0, 0.1) is 0 Å². The summed E-state index contributed by atoms with van der Waals surface area (Å²) >= 11 is 0. The van der Waals surface area contributed by atoms with Gasteiger partial charge in [-0.1, -0.05) is 12.2 Å². The molecule has 2 atom stereocenters. The smallest absolute Gasteiger partial charge is 0.198 e. The number of ether oxygens (including phenoxy) is 2. The van der Waals surface area contributed by atoms with Crippen molar-refractivity contribution >= 4 is 0 Å². The Bertz CT molecular complexity index is 170. The molecule has 0 aliphatic carbocycles. The van der Waals surface area contributed by atoms with Gasteiger partial charge in [-0.2, -0.15) is 0 Å². The molecule has 1 spiro atoms. The number of aliphatic hydroxyl groups is 1. The zero-order valence-corrected chi connectivity index (χ0v) is 6.32. The molecule has 0 radical (unpaired) electrons. The summed E-state index contributed by atoms with van der Waals surface area (Å²) in [5.41, 5.74) is 0. The zero-order chi connectivity index (χ0) is 7.73. The highest BCUT2D eigenvalue weighted by Crippen LogP contribution is 2.32. The lowest BCUT2D eigenvalue weighted by Gasteiger charge is -2.33. The molecule has 0 amide bonds. The van der Waals surface area contributed by atoms with E-state index in [0.29, 0.717) is 13.2 Å². The fourth-order valence-corrected chi connectivity index (χ4v) is 1.59. The summed E-state index contributed by atoms with van der Waals surface area (Å²) in [5.74, 6) is -0.700. The molecule has 2 aliphatic rings. The second-order valence-electron chi connectivity index (χ2n) is 2.95. The molecule has 1 saturated heterocycles. The highest BCUT2D eigenvalue weighted by molar-refractivity contribution is 5.02. The Morgan fingerprint density at radius 3 is 3.00 bits per heavy atom. The highest BCUT2D eigenvalue weighted by atomic mass is 16.7. The van der Waals surface area contributed by atoms with Crippen molar-refractivity contribution in [3.63, 3.8) is 0 Å². The number of hydrogen-bond acceptors (Lipinski definition) is 3. The largest absolute Gasteiger partial charge is 0.383 e. The van der Waals surface area contributed by atoms with Crippen LogP contribution in [0.4, 0.5) is 0 Å². The van der Waals surface area contributed by atoms with Gasteiger partial charge in [0.1, 0.15) is 6.10 Å². The number of rotatable bonds is 0. The monoisotopic (exact) mass is 156 g/mol. The predicted octanol–water partition coefficient (Wildman–Crippen LogP) is 0.440. The SMILES string of the molecule is O[C@H]1C=CCO[C@@]12CCCO2. The van der Waals surface area contributed by atoms with Crippen molar-refractivity contribution in [2.45, 2.75) is 24.7 Å². The van der Waals surface area contributed by atoms with Crippen molar-refractivity contribution < 1.29 is 14.6 Å². The Hall–Kier alpha value is -0.380. The lowest BCUT2D eigenvalue weighted by molar-refractivity contribution is -0.249. The fourth-order valence-electron chi connectivity index (χ4n) is 1.59. The van der Waals surface area contributed by atoms with Crippen LogP contribution in [0.15, 0.2) is 12.2 Å². The van der Waals surface area contributed by atoms with E-state index in [2.05, 4.69) is 0 Å². The van der Waals surface area contributed by atoms with E-state index < -0.39 is 11.9 Å². The minimum Gasteiger partial charge on any atom is -0.383 e. The summed E-state index contributed by atoms with van der Waals surface area (Å²) in [4.78, 5) is 0. The minimum absolute atomic E-state index is 0.553. The second kappa shape index (κ2) is 2.59. The van der Waals surface area contributed by atoms with Crippen molar-refractivity contribution in [1.29, 1.82) is 0 Å². The van der Waals surface area contributed by atoms with Gasteiger partial charge in [0.05, 0.1) is 13.2 Å². The molecule has 62 valence electrons. The van der Waals surface area contributed by atoms with E-state index in [0.717, 1.165) is 12.8 Å². The van der Waals surface area contributed by atoms with Crippen LogP contribution in [0.1, 0.15) is 12.8 Å². The van der Waals surface area contributed by atoms with Gasteiger partial charge in [0, 0.05) is 6.42 Å². The first-order valence-corrected chi connectivity index (χ1v) is 3.96. The van der Waals surface area contributed by atoms with Crippen molar-refractivity contribution in [3.8, 4) is 0 Å².